The molecular formula is C25H28N6O2. The van der Waals surface area contributed by atoms with Crippen molar-refractivity contribution in [3.05, 3.63) is 60.2 Å². The first-order valence-corrected chi connectivity index (χ1v) is 11.4. The van der Waals surface area contributed by atoms with Gasteiger partial charge in [0.25, 0.3) is 0 Å². The molecule has 1 amide bonds. The van der Waals surface area contributed by atoms with Crippen LogP contribution in [0, 0.1) is 0 Å². The van der Waals surface area contributed by atoms with Crippen molar-refractivity contribution < 1.29 is 9.32 Å². The van der Waals surface area contributed by atoms with Crippen LogP contribution in [0.5, 0.6) is 0 Å². The Hall–Kier alpha value is -3.68. The van der Waals surface area contributed by atoms with Crippen LogP contribution in [0.2, 0.25) is 0 Å². The molecule has 33 heavy (non-hydrogen) atoms. The highest BCUT2D eigenvalue weighted by Gasteiger charge is 2.23. The van der Waals surface area contributed by atoms with Crippen molar-refractivity contribution in [1.82, 2.24) is 24.6 Å². The SMILES string of the molecule is CC(C)c1nc(-c2ccc(N3CCN(C(=O)Cc4cn(C)c5ccccc45)CC3)nc2)no1. The van der Waals surface area contributed by atoms with Crippen LogP contribution in [0.1, 0.15) is 31.2 Å². The highest BCUT2D eigenvalue weighted by Crippen LogP contribution is 2.23. The molecule has 1 saturated heterocycles. The monoisotopic (exact) mass is 444 g/mol. The van der Waals surface area contributed by atoms with E-state index >= 15 is 0 Å². The van der Waals surface area contributed by atoms with Crippen LogP contribution in [0.15, 0.2) is 53.3 Å². The number of pyridine rings is 1. The van der Waals surface area contributed by atoms with Crippen molar-refractivity contribution >= 4 is 22.6 Å². The molecule has 0 bridgehead atoms. The second-order valence-corrected chi connectivity index (χ2v) is 8.84. The predicted octanol–water partition coefficient (Wildman–Crippen LogP) is 3.64. The Labute approximate surface area is 192 Å². The van der Waals surface area contributed by atoms with Crippen LogP contribution < -0.4 is 4.90 Å². The molecule has 1 aliphatic heterocycles. The minimum atomic E-state index is 0.173. The van der Waals surface area contributed by atoms with Gasteiger partial charge >= 0.3 is 0 Å². The molecule has 0 unspecified atom stereocenters. The van der Waals surface area contributed by atoms with E-state index in [2.05, 4.69) is 42.9 Å². The Morgan fingerprint density at radius 2 is 1.88 bits per heavy atom. The summed E-state index contributed by atoms with van der Waals surface area (Å²) in [5, 5.41) is 5.20. The van der Waals surface area contributed by atoms with Crippen molar-refractivity contribution in [2.24, 2.45) is 7.05 Å². The molecule has 0 radical (unpaired) electrons. The first kappa shape index (κ1) is 21.2. The van der Waals surface area contributed by atoms with E-state index < -0.39 is 0 Å². The largest absolute Gasteiger partial charge is 0.353 e. The highest BCUT2D eigenvalue weighted by atomic mass is 16.5. The van der Waals surface area contributed by atoms with Crippen LogP contribution in [0.25, 0.3) is 22.3 Å². The van der Waals surface area contributed by atoms with E-state index in [0.29, 0.717) is 31.2 Å². The van der Waals surface area contributed by atoms with Crippen LogP contribution in [0.3, 0.4) is 0 Å². The lowest BCUT2D eigenvalue weighted by Crippen LogP contribution is -2.49. The molecule has 0 atom stereocenters. The van der Waals surface area contributed by atoms with E-state index in [9.17, 15) is 4.79 Å². The van der Waals surface area contributed by atoms with Gasteiger partial charge in [-0.2, -0.15) is 4.98 Å². The standard InChI is InChI=1S/C25H28N6O2/c1-17(2)25-27-24(28-33-25)18-8-9-22(26-15-18)30-10-12-31(13-11-30)23(32)14-19-16-29(3)21-7-5-4-6-20(19)21/h4-9,15-17H,10-14H2,1-3H3. The van der Waals surface area contributed by atoms with E-state index in [-0.39, 0.29) is 11.8 Å². The molecule has 1 fully saturated rings. The normalized spacial score (nSPS) is 14.4. The fraction of sp³-hybridized carbons (Fsp3) is 0.360. The maximum Gasteiger partial charge on any atom is 0.229 e. The van der Waals surface area contributed by atoms with Gasteiger partial charge in [0.1, 0.15) is 5.82 Å². The number of fused-ring (bicyclic) bond motifs is 1. The van der Waals surface area contributed by atoms with Gasteiger partial charge in [-0.3, -0.25) is 4.79 Å². The Morgan fingerprint density at radius 3 is 2.58 bits per heavy atom. The summed E-state index contributed by atoms with van der Waals surface area (Å²) in [5.41, 5.74) is 3.07. The van der Waals surface area contributed by atoms with Crippen LogP contribution in [0.4, 0.5) is 5.82 Å². The molecule has 0 saturated carbocycles. The summed E-state index contributed by atoms with van der Waals surface area (Å²) >= 11 is 0. The summed E-state index contributed by atoms with van der Waals surface area (Å²) in [6.45, 7) is 6.93. The van der Waals surface area contributed by atoms with E-state index in [0.717, 1.165) is 40.9 Å². The summed E-state index contributed by atoms with van der Waals surface area (Å²) in [6, 6.07) is 12.2. The average Bonchev–Trinajstić information content (AvgIpc) is 3.45. The van der Waals surface area contributed by atoms with E-state index in [1.165, 1.54) is 0 Å². The number of hydrogen-bond donors (Lipinski definition) is 0. The van der Waals surface area contributed by atoms with Gasteiger partial charge in [0.05, 0.1) is 6.42 Å². The third-order valence-electron chi connectivity index (χ3n) is 6.22. The van der Waals surface area contributed by atoms with E-state index in [4.69, 9.17) is 4.52 Å². The number of nitrogens with zero attached hydrogens (tertiary/aromatic N) is 6. The van der Waals surface area contributed by atoms with Crippen LogP contribution >= 0.6 is 0 Å². The fourth-order valence-electron chi connectivity index (χ4n) is 4.32. The number of anilines is 1. The number of carbonyl (C=O) groups is 1. The lowest BCUT2D eigenvalue weighted by molar-refractivity contribution is -0.130. The second kappa shape index (κ2) is 8.69. The highest BCUT2D eigenvalue weighted by molar-refractivity contribution is 5.89. The molecular weight excluding hydrogens is 416 g/mol. The van der Waals surface area contributed by atoms with Crippen molar-refractivity contribution in [2.75, 3.05) is 31.1 Å². The van der Waals surface area contributed by atoms with Gasteiger partial charge in [0.15, 0.2) is 0 Å². The van der Waals surface area contributed by atoms with Gasteiger partial charge in [-0.15, -0.1) is 0 Å². The molecule has 8 nitrogen and oxygen atoms in total. The smallest absolute Gasteiger partial charge is 0.229 e. The van der Waals surface area contributed by atoms with Crippen molar-refractivity contribution in [2.45, 2.75) is 26.2 Å². The van der Waals surface area contributed by atoms with Gasteiger partial charge in [-0.25, -0.2) is 4.98 Å². The van der Waals surface area contributed by atoms with Gasteiger partial charge in [-0.05, 0) is 23.8 Å². The molecule has 170 valence electrons. The minimum absolute atomic E-state index is 0.173. The second-order valence-electron chi connectivity index (χ2n) is 8.84. The summed E-state index contributed by atoms with van der Waals surface area (Å²) < 4.78 is 7.38. The third kappa shape index (κ3) is 4.20. The third-order valence-corrected chi connectivity index (χ3v) is 6.22. The first-order valence-electron chi connectivity index (χ1n) is 11.4. The number of hydrogen-bond acceptors (Lipinski definition) is 6. The fourth-order valence-corrected chi connectivity index (χ4v) is 4.32. The van der Waals surface area contributed by atoms with Crippen molar-refractivity contribution in [1.29, 1.82) is 0 Å². The summed E-state index contributed by atoms with van der Waals surface area (Å²) in [6.07, 6.45) is 4.28. The molecule has 0 aliphatic carbocycles. The van der Waals surface area contributed by atoms with Gasteiger partial charge in [0, 0.05) is 68.0 Å². The zero-order chi connectivity index (χ0) is 22.9. The maximum atomic E-state index is 13.0. The van der Waals surface area contributed by atoms with Crippen LogP contribution in [-0.4, -0.2) is 56.7 Å². The Kier molecular flexibility index (Phi) is 5.58. The molecule has 8 heteroatoms. The number of para-hydroxylation sites is 1. The number of amides is 1. The zero-order valence-corrected chi connectivity index (χ0v) is 19.2. The molecule has 5 rings (SSSR count). The first-order chi connectivity index (χ1) is 16.0. The van der Waals surface area contributed by atoms with Crippen molar-refractivity contribution in [3.63, 3.8) is 0 Å². The Morgan fingerprint density at radius 1 is 1.09 bits per heavy atom. The number of aromatic nitrogens is 4. The van der Waals surface area contributed by atoms with Gasteiger partial charge < -0.3 is 18.9 Å². The number of aryl methyl sites for hydroxylation is 1. The number of benzene rings is 1. The number of piperazine rings is 1. The predicted molar refractivity (Wildman–Crippen MR) is 127 cm³/mol. The molecule has 1 aromatic carbocycles. The van der Waals surface area contributed by atoms with Crippen LogP contribution in [-0.2, 0) is 18.3 Å². The quantitative estimate of drug-likeness (QED) is 0.468. The maximum absolute atomic E-state index is 13.0. The molecule has 0 N–H and O–H groups in total. The molecule has 1 aliphatic rings. The zero-order valence-electron chi connectivity index (χ0n) is 19.2. The average molecular weight is 445 g/mol. The molecule has 3 aromatic heterocycles. The topological polar surface area (TPSA) is 80.3 Å². The van der Waals surface area contributed by atoms with Gasteiger partial charge in [0.2, 0.25) is 17.6 Å². The summed E-state index contributed by atoms with van der Waals surface area (Å²) in [7, 11) is 2.02. The number of carbonyl (C=O) groups excluding carboxylic acids is 1. The van der Waals surface area contributed by atoms with E-state index in [1.54, 1.807) is 6.20 Å². The van der Waals surface area contributed by atoms with Gasteiger partial charge in [-0.1, -0.05) is 37.2 Å². The minimum Gasteiger partial charge on any atom is -0.353 e. The summed E-state index contributed by atoms with van der Waals surface area (Å²) in [4.78, 5) is 26.2. The van der Waals surface area contributed by atoms with E-state index in [1.807, 2.05) is 50.1 Å². The lowest BCUT2D eigenvalue weighted by Gasteiger charge is -2.35. The molecule has 4 aromatic rings. The Bertz CT molecular complexity index is 1270. The number of rotatable bonds is 5. The molecule has 0 spiro atoms. The summed E-state index contributed by atoms with van der Waals surface area (Å²) in [5.74, 6) is 2.44. The Balaban J connectivity index is 1.20. The molecule has 4 heterocycles. The van der Waals surface area contributed by atoms with Crippen molar-refractivity contribution in [3.8, 4) is 11.4 Å². The lowest BCUT2D eigenvalue weighted by atomic mass is 10.1.